The molecule has 0 saturated heterocycles. The number of nitro benzene ring substituents is 1. The summed E-state index contributed by atoms with van der Waals surface area (Å²) in [4.78, 5) is 10.1. The largest absolute Gasteiger partial charge is 0.492 e. The molecule has 5 nitrogen and oxygen atoms in total. The molecule has 0 aliphatic heterocycles. The highest BCUT2D eigenvalue weighted by molar-refractivity contribution is 6.30. The van der Waals surface area contributed by atoms with Crippen LogP contribution in [-0.2, 0) is 0 Å². The van der Waals surface area contributed by atoms with Crippen LogP contribution in [0.15, 0.2) is 42.5 Å². The molecule has 0 fully saturated rings. The SMILES string of the molecule is Cc1ccc(Cl)cc1NCCOc1ccc([N+](=O)[O-])cc1. The number of benzene rings is 2. The molecular weight excluding hydrogens is 292 g/mol. The van der Waals surface area contributed by atoms with Crippen molar-refractivity contribution in [2.24, 2.45) is 0 Å². The van der Waals surface area contributed by atoms with E-state index in [-0.39, 0.29) is 5.69 Å². The van der Waals surface area contributed by atoms with E-state index in [1.807, 2.05) is 25.1 Å². The van der Waals surface area contributed by atoms with Crippen molar-refractivity contribution in [3.8, 4) is 5.75 Å². The number of ether oxygens (including phenoxy) is 1. The zero-order chi connectivity index (χ0) is 15.2. The summed E-state index contributed by atoms with van der Waals surface area (Å²) >= 11 is 5.94. The number of nitro groups is 1. The summed E-state index contributed by atoms with van der Waals surface area (Å²) in [5.74, 6) is 0.602. The fourth-order valence-electron chi connectivity index (χ4n) is 1.80. The summed E-state index contributed by atoms with van der Waals surface area (Å²) in [7, 11) is 0. The number of nitrogens with one attached hydrogen (secondary N) is 1. The Kier molecular flexibility index (Phi) is 5.00. The summed E-state index contributed by atoms with van der Waals surface area (Å²) in [6, 6.07) is 11.7. The maximum atomic E-state index is 10.5. The molecule has 6 heteroatoms. The third-order valence-electron chi connectivity index (χ3n) is 2.93. The maximum absolute atomic E-state index is 10.5. The maximum Gasteiger partial charge on any atom is 0.269 e. The average Bonchev–Trinajstić information content (AvgIpc) is 2.47. The van der Waals surface area contributed by atoms with Gasteiger partial charge in [-0.3, -0.25) is 10.1 Å². The number of halogens is 1. The number of nitrogens with zero attached hydrogens (tertiary/aromatic N) is 1. The highest BCUT2D eigenvalue weighted by Crippen LogP contribution is 2.20. The molecule has 0 unspecified atom stereocenters. The van der Waals surface area contributed by atoms with E-state index in [1.54, 1.807) is 12.1 Å². The Hall–Kier alpha value is -2.27. The van der Waals surface area contributed by atoms with Crippen LogP contribution < -0.4 is 10.1 Å². The van der Waals surface area contributed by atoms with Crippen LogP contribution in [0.4, 0.5) is 11.4 Å². The van der Waals surface area contributed by atoms with Gasteiger partial charge in [0, 0.05) is 29.4 Å². The van der Waals surface area contributed by atoms with Crippen LogP contribution in [0.3, 0.4) is 0 Å². The van der Waals surface area contributed by atoms with Crippen molar-refractivity contribution >= 4 is 23.0 Å². The minimum Gasteiger partial charge on any atom is -0.492 e. The van der Waals surface area contributed by atoms with Crippen molar-refractivity contribution in [2.45, 2.75) is 6.92 Å². The predicted molar refractivity (Wildman–Crippen MR) is 83.3 cm³/mol. The number of non-ortho nitro benzene ring substituents is 1. The minimum atomic E-state index is -0.437. The Morgan fingerprint density at radius 2 is 1.95 bits per heavy atom. The molecule has 0 aliphatic rings. The van der Waals surface area contributed by atoms with Gasteiger partial charge in [0.15, 0.2) is 0 Å². The quantitative estimate of drug-likeness (QED) is 0.497. The topological polar surface area (TPSA) is 64.4 Å². The third kappa shape index (κ3) is 4.36. The molecule has 2 rings (SSSR count). The fourth-order valence-corrected chi connectivity index (χ4v) is 1.98. The van der Waals surface area contributed by atoms with Gasteiger partial charge < -0.3 is 10.1 Å². The zero-order valence-electron chi connectivity index (χ0n) is 11.5. The van der Waals surface area contributed by atoms with E-state index in [0.717, 1.165) is 11.3 Å². The monoisotopic (exact) mass is 306 g/mol. The Bertz CT molecular complexity index is 629. The van der Waals surface area contributed by atoms with Crippen LogP contribution in [0.5, 0.6) is 5.75 Å². The van der Waals surface area contributed by atoms with Gasteiger partial charge >= 0.3 is 0 Å². The molecule has 0 saturated carbocycles. The van der Waals surface area contributed by atoms with Crippen LogP contribution in [0.25, 0.3) is 0 Å². The van der Waals surface area contributed by atoms with Crippen LogP contribution in [0.1, 0.15) is 5.56 Å². The molecule has 2 aromatic carbocycles. The number of rotatable bonds is 6. The summed E-state index contributed by atoms with van der Waals surface area (Å²) in [6.07, 6.45) is 0. The van der Waals surface area contributed by atoms with Gasteiger partial charge in [-0.2, -0.15) is 0 Å². The second-order valence-electron chi connectivity index (χ2n) is 4.49. The lowest BCUT2D eigenvalue weighted by molar-refractivity contribution is -0.384. The first-order valence-electron chi connectivity index (χ1n) is 6.43. The van der Waals surface area contributed by atoms with E-state index in [2.05, 4.69) is 5.32 Å². The minimum absolute atomic E-state index is 0.0510. The van der Waals surface area contributed by atoms with Crippen molar-refractivity contribution in [2.75, 3.05) is 18.5 Å². The molecule has 110 valence electrons. The lowest BCUT2D eigenvalue weighted by Gasteiger charge is -2.11. The van der Waals surface area contributed by atoms with Crippen molar-refractivity contribution < 1.29 is 9.66 Å². The molecule has 0 atom stereocenters. The van der Waals surface area contributed by atoms with Crippen molar-refractivity contribution in [1.29, 1.82) is 0 Å². The lowest BCUT2D eigenvalue weighted by atomic mass is 10.2. The standard InChI is InChI=1S/C15H15ClN2O3/c1-11-2-3-12(16)10-15(11)17-8-9-21-14-6-4-13(5-7-14)18(19)20/h2-7,10,17H,8-9H2,1H3. The fraction of sp³-hybridized carbons (Fsp3) is 0.200. The van der Waals surface area contributed by atoms with E-state index in [4.69, 9.17) is 16.3 Å². The second-order valence-corrected chi connectivity index (χ2v) is 4.92. The summed E-state index contributed by atoms with van der Waals surface area (Å²) < 4.78 is 5.51. The molecule has 0 aliphatic carbocycles. The first kappa shape index (κ1) is 15.1. The average molecular weight is 307 g/mol. The van der Waals surface area contributed by atoms with Crippen molar-refractivity contribution in [3.05, 3.63) is 63.2 Å². The van der Waals surface area contributed by atoms with Crippen LogP contribution in [0, 0.1) is 17.0 Å². The summed E-state index contributed by atoms with van der Waals surface area (Å²) in [6.45, 7) is 3.05. The van der Waals surface area contributed by atoms with E-state index < -0.39 is 4.92 Å². The Balaban J connectivity index is 1.81. The highest BCUT2D eigenvalue weighted by atomic mass is 35.5. The Morgan fingerprint density at radius 3 is 2.62 bits per heavy atom. The second kappa shape index (κ2) is 6.95. The number of aryl methyl sites for hydroxylation is 1. The molecule has 0 bridgehead atoms. The predicted octanol–water partition coefficient (Wildman–Crippen LogP) is 4.05. The molecular formula is C15H15ClN2O3. The van der Waals surface area contributed by atoms with E-state index >= 15 is 0 Å². The number of hydrogen-bond acceptors (Lipinski definition) is 4. The number of hydrogen-bond donors (Lipinski definition) is 1. The van der Waals surface area contributed by atoms with Crippen LogP contribution in [0.2, 0.25) is 5.02 Å². The van der Waals surface area contributed by atoms with Gasteiger partial charge in [0.25, 0.3) is 5.69 Å². The normalized spacial score (nSPS) is 10.2. The van der Waals surface area contributed by atoms with E-state index in [9.17, 15) is 10.1 Å². The molecule has 0 heterocycles. The molecule has 0 radical (unpaired) electrons. The van der Waals surface area contributed by atoms with E-state index in [0.29, 0.717) is 23.9 Å². The smallest absolute Gasteiger partial charge is 0.269 e. The van der Waals surface area contributed by atoms with Gasteiger partial charge in [0.2, 0.25) is 0 Å². The molecule has 2 aromatic rings. The molecule has 21 heavy (non-hydrogen) atoms. The van der Waals surface area contributed by atoms with Crippen LogP contribution >= 0.6 is 11.6 Å². The molecule has 1 N–H and O–H groups in total. The van der Waals surface area contributed by atoms with Gasteiger partial charge in [0.05, 0.1) is 4.92 Å². The lowest BCUT2D eigenvalue weighted by Crippen LogP contribution is -2.12. The van der Waals surface area contributed by atoms with Crippen molar-refractivity contribution in [1.82, 2.24) is 0 Å². The third-order valence-corrected chi connectivity index (χ3v) is 3.17. The first-order chi connectivity index (χ1) is 10.1. The highest BCUT2D eigenvalue weighted by Gasteiger charge is 2.04. The van der Waals surface area contributed by atoms with Gasteiger partial charge in [-0.25, -0.2) is 0 Å². The van der Waals surface area contributed by atoms with Crippen LogP contribution in [-0.4, -0.2) is 18.1 Å². The number of anilines is 1. The Labute approximate surface area is 127 Å². The van der Waals surface area contributed by atoms with Gasteiger partial charge in [-0.05, 0) is 36.8 Å². The van der Waals surface area contributed by atoms with Crippen molar-refractivity contribution in [3.63, 3.8) is 0 Å². The molecule has 0 spiro atoms. The molecule has 0 aromatic heterocycles. The van der Waals surface area contributed by atoms with Gasteiger partial charge in [-0.15, -0.1) is 0 Å². The summed E-state index contributed by atoms with van der Waals surface area (Å²) in [5.41, 5.74) is 2.12. The Morgan fingerprint density at radius 1 is 1.24 bits per heavy atom. The molecule has 0 amide bonds. The van der Waals surface area contributed by atoms with Gasteiger partial charge in [-0.1, -0.05) is 17.7 Å². The zero-order valence-corrected chi connectivity index (χ0v) is 12.3. The first-order valence-corrected chi connectivity index (χ1v) is 6.81. The van der Waals surface area contributed by atoms with E-state index in [1.165, 1.54) is 12.1 Å². The summed E-state index contributed by atoms with van der Waals surface area (Å²) in [5, 5.41) is 14.4. The van der Waals surface area contributed by atoms with Gasteiger partial charge in [0.1, 0.15) is 12.4 Å².